The molecule has 0 saturated heterocycles. The van der Waals surface area contributed by atoms with Crippen molar-refractivity contribution in [2.75, 3.05) is 7.11 Å². The molecule has 2 N–H and O–H groups in total. The number of rotatable bonds is 1. The zero-order valence-corrected chi connectivity index (χ0v) is 8.87. The van der Waals surface area contributed by atoms with Crippen molar-refractivity contribution in [2.24, 2.45) is 11.1 Å². The summed E-state index contributed by atoms with van der Waals surface area (Å²) in [5.41, 5.74) is 8.71. The molecule has 76 valence electrons. The number of fused-ring (bicyclic) bond motifs is 1. The Morgan fingerprint density at radius 3 is 2.93 bits per heavy atom. The molecule has 0 spiro atoms. The van der Waals surface area contributed by atoms with Crippen LogP contribution in [0.1, 0.15) is 31.0 Å². The molecule has 14 heavy (non-hydrogen) atoms. The maximum Gasteiger partial charge on any atom is 0.213 e. The summed E-state index contributed by atoms with van der Waals surface area (Å²) >= 11 is 0. The van der Waals surface area contributed by atoms with Gasteiger partial charge in [0.15, 0.2) is 0 Å². The Morgan fingerprint density at radius 1 is 1.57 bits per heavy atom. The molecule has 0 unspecified atom stereocenters. The van der Waals surface area contributed by atoms with E-state index in [0.717, 1.165) is 12.0 Å². The second-order valence-electron chi connectivity index (χ2n) is 4.57. The predicted molar refractivity (Wildman–Crippen MR) is 55.2 cm³/mol. The van der Waals surface area contributed by atoms with Crippen molar-refractivity contribution in [2.45, 2.75) is 26.3 Å². The first kappa shape index (κ1) is 9.46. The van der Waals surface area contributed by atoms with Crippen LogP contribution in [0.4, 0.5) is 0 Å². The highest BCUT2D eigenvalue weighted by atomic mass is 16.5. The van der Waals surface area contributed by atoms with Crippen LogP contribution in [0.15, 0.2) is 12.3 Å². The Bertz CT molecular complexity index is 360. The summed E-state index contributed by atoms with van der Waals surface area (Å²) in [6.45, 7) is 4.37. The third-order valence-corrected chi connectivity index (χ3v) is 3.03. The Kier molecular flexibility index (Phi) is 2.00. The fourth-order valence-electron chi connectivity index (χ4n) is 2.05. The third kappa shape index (κ3) is 1.28. The molecule has 0 bridgehead atoms. The largest absolute Gasteiger partial charge is 0.481 e. The van der Waals surface area contributed by atoms with Gasteiger partial charge >= 0.3 is 0 Å². The first-order chi connectivity index (χ1) is 6.54. The van der Waals surface area contributed by atoms with Gasteiger partial charge < -0.3 is 10.5 Å². The van der Waals surface area contributed by atoms with Crippen molar-refractivity contribution in [1.29, 1.82) is 0 Å². The summed E-state index contributed by atoms with van der Waals surface area (Å²) in [4.78, 5) is 4.18. The number of hydrogen-bond donors (Lipinski definition) is 1. The monoisotopic (exact) mass is 192 g/mol. The maximum absolute atomic E-state index is 6.13. The van der Waals surface area contributed by atoms with E-state index in [1.807, 2.05) is 12.3 Å². The van der Waals surface area contributed by atoms with Crippen LogP contribution in [-0.4, -0.2) is 12.1 Å². The van der Waals surface area contributed by atoms with Gasteiger partial charge in [0.25, 0.3) is 0 Å². The van der Waals surface area contributed by atoms with E-state index in [1.54, 1.807) is 7.11 Å². The second kappa shape index (κ2) is 2.95. The number of pyridine rings is 1. The minimum atomic E-state index is 0.0934. The molecule has 1 aromatic rings. The number of hydrogen-bond acceptors (Lipinski definition) is 3. The molecule has 0 fully saturated rings. The number of methoxy groups -OCH3 is 1. The van der Waals surface area contributed by atoms with E-state index < -0.39 is 0 Å². The molecular weight excluding hydrogens is 176 g/mol. The fourth-order valence-corrected chi connectivity index (χ4v) is 2.05. The minimum absolute atomic E-state index is 0.0934. The lowest BCUT2D eigenvalue weighted by Gasteiger charge is -2.23. The average Bonchev–Trinajstić information content (AvgIpc) is 2.37. The molecule has 0 radical (unpaired) electrons. The highest BCUT2D eigenvalue weighted by molar-refractivity contribution is 5.38. The summed E-state index contributed by atoms with van der Waals surface area (Å²) in [7, 11) is 1.63. The summed E-state index contributed by atoms with van der Waals surface area (Å²) in [6.07, 6.45) is 2.84. The highest BCUT2D eigenvalue weighted by Crippen LogP contribution is 2.43. The molecule has 1 heterocycles. The molecule has 3 heteroatoms. The van der Waals surface area contributed by atoms with Gasteiger partial charge in [0.2, 0.25) is 5.88 Å². The molecule has 0 saturated carbocycles. The molecule has 1 aliphatic carbocycles. The zero-order valence-electron chi connectivity index (χ0n) is 8.87. The van der Waals surface area contributed by atoms with E-state index in [4.69, 9.17) is 10.5 Å². The van der Waals surface area contributed by atoms with Crippen molar-refractivity contribution in [1.82, 2.24) is 4.98 Å². The van der Waals surface area contributed by atoms with Gasteiger partial charge in [-0.1, -0.05) is 13.8 Å². The number of nitrogens with two attached hydrogens (primary N) is 1. The maximum atomic E-state index is 6.13. The smallest absolute Gasteiger partial charge is 0.213 e. The second-order valence-corrected chi connectivity index (χ2v) is 4.57. The Morgan fingerprint density at radius 2 is 2.29 bits per heavy atom. The van der Waals surface area contributed by atoms with Gasteiger partial charge in [-0.25, -0.2) is 4.98 Å². The van der Waals surface area contributed by atoms with Crippen LogP contribution in [0.3, 0.4) is 0 Å². The number of ether oxygens (including phenoxy) is 1. The molecular formula is C11H16N2O. The number of aromatic nitrogens is 1. The summed E-state index contributed by atoms with van der Waals surface area (Å²) in [5, 5.41) is 0. The van der Waals surface area contributed by atoms with Crippen LogP contribution >= 0.6 is 0 Å². The van der Waals surface area contributed by atoms with Crippen molar-refractivity contribution < 1.29 is 4.74 Å². The van der Waals surface area contributed by atoms with E-state index >= 15 is 0 Å². The van der Waals surface area contributed by atoms with E-state index in [0.29, 0.717) is 5.88 Å². The lowest BCUT2D eigenvalue weighted by molar-refractivity contribution is 0.319. The molecule has 1 atom stereocenters. The first-order valence-electron chi connectivity index (χ1n) is 4.83. The molecule has 3 nitrogen and oxygen atoms in total. The minimum Gasteiger partial charge on any atom is -0.481 e. The Balaban J connectivity index is 2.44. The molecule has 0 aliphatic heterocycles. The summed E-state index contributed by atoms with van der Waals surface area (Å²) in [6, 6.07) is 2.08. The predicted octanol–water partition coefficient (Wildman–Crippen LogP) is 1.67. The van der Waals surface area contributed by atoms with Crippen molar-refractivity contribution in [3.05, 3.63) is 23.4 Å². The standard InChI is InChI=1S/C11H16N2O/c1-11(2)5-7-4-9(14-3)13-6-8(7)10(11)12/h4,6,10H,5,12H2,1-3H3/t10-/m1/s1. The van der Waals surface area contributed by atoms with Gasteiger partial charge in [0.05, 0.1) is 7.11 Å². The Labute approximate surface area is 84.3 Å². The molecule has 0 amide bonds. The van der Waals surface area contributed by atoms with Gasteiger partial charge in [0, 0.05) is 18.3 Å². The lowest BCUT2D eigenvalue weighted by Crippen LogP contribution is -2.24. The normalized spacial score (nSPS) is 23.3. The van der Waals surface area contributed by atoms with Gasteiger partial charge in [-0.3, -0.25) is 0 Å². The van der Waals surface area contributed by atoms with Gasteiger partial charge in [-0.15, -0.1) is 0 Å². The van der Waals surface area contributed by atoms with Crippen LogP contribution in [-0.2, 0) is 6.42 Å². The fraction of sp³-hybridized carbons (Fsp3) is 0.545. The number of nitrogens with zero attached hydrogens (tertiary/aromatic N) is 1. The van der Waals surface area contributed by atoms with E-state index in [1.165, 1.54) is 5.56 Å². The lowest BCUT2D eigenvalue weighted by atomic mass is 9.86. The van der Waals surface area contributed by atoms with Crippen LogP contribution in [0.25, 0.3) is 0 Å². The van der Waals surface area contributed by atoms with Crippen LogP contribution in [0.2, 0.25) is 0 Å². The van der Waals surface area contributed by atoms with Crippen LogP contribution < -0.4 is 10.5 Å². The topological polar surface area (TPSA) is 48.1 Å². The van der Waals surface area contributed by atoms with E-state index in [-0.39, 0.29) is 11.5 Å². The molecule has 0 aromatic carbocycles. The zero-order chi connectivity index (χ0) is 10.3. The van der Waals surface area contributed by atoms with E-state index in [2.05, 4.69) is 18.8 Å². The summed E-state index contributed by atoms with van der Waals surface area (Å²) < 4.78 is 5.09. The summed E-state index contributed by atoms with van der Waals surface area (Å²) in [5.74, 6) is 0.675. The first-order valence-corrected chi connectivity index (χ1v) is 4.83. The average molecular weight is 192 g/mol. The van der Waals surface area contributed by atoms with Crippen molar-refractivity contribution in [3.8, 4) is 5.88 Å². The van der Waals surface area contributed by atoms with Gasteiger partial charge in [0.1, 0.15) is 0 Å². The van der Waals surface area contributed by atoms with Gasteiger partial charge in [-0.2, -0.15) is 0 Å². The van der Waals surface area contributed by atoms with Gasteiger partial charge in [-0.05, 0) is 23.0 Å². The molecule has 1 aliphatic rings. The highest BCUT2D eigenvalue weighted by Gasteiger charge is 2.36. The van der Waals surface area contributed by atoms with Crippen LogP contribution in [0, 0.1) is 5.41 Å². The van der Waals surface area contributed by atoms with Crippen LogP contribution in [0.5, 0.6) is 5.88 Å². The van der Waals surface area contributed by atoms with Crippen molar-refractivity contribution >= 4 is 0 Å². The third-order valence-electron chi connectivity index (χ3n) is 3.03. The molecule has 1 aromatic heterocycles. The van der Waals surface area contributed by atoms with Crippen molar-refractivity contribution in [3.63, 3.8) is 0 Å². The quantitative estimate of drug-likeness (QED) is 0.736. The SMILES string of the molecule is COc1cc2c(cn1)[C@@H](N)C(C)(C)C2. The van der Waals surface area contributed by atoms with E-state index in [9.17, 15) is 0 Å². The molecule has 2 rings (SSSR count). The Hall–Kier alpha value is -1.09.